The third kappa shape index (κ3) is 5.58. The van der Waals surface area contributed by atoms with Crippen LogP contribution in [0.1, 0.15) is 59.2 Å². The zero-order valence-electron chi connectivity index (χ0n) is 22.5. The number of hydrogen-bond acceptors (Lipinski definition) is 6. The normalized spacial score (nSPS) is 18.2. The van der Waals surface area contributed by atoms with Gasteiger partial charge < -0.3 is 9.47 Å². The predicted octanol–water partition coefficient (Wildman–Crippen LogP) is 4.72. The molecule has 0 bridgehead atoms. The molecule has 8 heteroatoms. The number of carbonyl (C=O) groups excluding carboxylic acids is 3. The molecule has 3 aromatic rings. The quantitative estimate of drug-likeness (QED) is 0.386. The summed E-state index contributed by atoms with van der Waals surface area (Å²) in [6.07, 6.45) is 3.36. The maximum Gasteiger partial charge on any atom is 0.273 e. The van der Waals surface area contributed by atoms with E-state index in [2.05, 4.69) is 29.2 Å². The molecular weight excluding hydrogens is 506 g/mol. The average molecular weight is 540 g/mol. The van der Waals surface area contributed by atoms with Crippen molar-refractivity contribution in [2.45, 2.75) is 57.9 Å². The second kappa shape index (κ2) is 11.5. The van der Waals surface area contributed by atoms with Gasteiger partial charge >= 0.3 is 0 Å². The monoisotopic (exact) mass is 539 g/mol. The van der Waals surface area contributed by atoms with Crippen LogP contribution in [0.3, 0.4) is 0 Å². The largest absolute Gasteiger partial charge is 0.490 e. The summed E-state index contributed by atoms with van der Waals surface area (Å²) in [5, 5.41) is 2.28. The predicted molar refractivity (Wildman–Crippen MR) is 148 cm³/mol. The van der Waals surface area contributed by atoms with E-state index in [1.165, 1.54) is 10.6 Å². The first-order valence-corrected chi connectivity index (χ1v) is 14.0. The van der Waals surface area contributed by atoms with E-state index < -0.39 is 0 Å². The summed E-state index contributed by atoms with van der Waals surface area (Å²) in [6.45, 7) is 3.41. The number of rotatable bonds is 8. The van der Waals surface area contributed by atoms with E-state index in [-0.39, 0.29) is 43.2 Å². The molecule has 0 aromatic heterocycles. The van der Waals surface area contributed by atoms with Gasteiger partial charge in [-0.05, 0) is 54.7 Å². The second-order valence-electron chi connectivity index (χ2n) is 10.6. The number of fused-ring (bicyclic) bond motifs is 1. The Bertz CT molecular complexity index is 1370. The lowest BCUT2D eigenvalue weighted by atomic mass is 10.1. The summed E-state index contributed by atoms with van der Waals surface area (Å²) in [4.78, 5) is 40.3. The highest BCUT2D eigenvalue weighted by Crippen LogP contribution is 2.33. The van der Waals surface area contributed by atoms with E-state index in [9.17, 15) is 14.4 Å². The van der Waals surface area contributed by atoms with Crippen LogP contribution in [-0.4, -0.2) is 51.8 Å². The Morgan fingerprint density at radius 1 is 0.775 bits per heavy atom. The van der Waals surface area contributed by atoms with E-state index in [0.29, 0.717) is 29.9 Å². The molecule has 8 nitrogen and oxygen atoms in total. The minimum Gasteiger partial charge on any atom is -0.490 e. The van der Waals surface area contributed by atoms with Crippen molar-refractivity contribution in [2.75, 3.05) is 13.1 Å². The molecule has 3 aliphatic rings. The third-order valence-corrected chi connectivity index (χ3v) is 7.80. The Morgan fingerprint density at radius 2 is 1.48 bits per heavy atom. The molecule has 2 saturated heterocycles. The maximum atomic E-state index is 13.0. The fraction of sp³-hybridized carbons (Fsp3) is 0.344. The van der Waals surface area contributed by atoms with Crippen molar-refractivity contribution in [2.24, 2.45) is 0 Å². The molecule has 0 spiro atoms. The van der Waals surface area contributed by atoms with Gasteiger partial charge in [-0.3, -0.25) is 19.3 Å². The second-order valence-corrected chi connectivity index (χ2v) is 10.6. The van der Waals surface area contributed by atoms with Gasteiger partial charge in [0.1, 0.15) is 24.2 Å². The Kier molecular flexibility index (Phi) is 7.51. The molecule has 3 heterocycles. The number of benzene rings is 3. The summed E-state index contributed by atoms with van der Waals surface area (Å²) in [5.74, 6) is 0.532. The van der Waals surface area contributed by atoms with Gasteiger partial charge in [-0.1, -0.05) is 48.5 Å². The van der Waals surface area contributed by atoms with Crippen LogP contribution in [0.2, 0.25) is 0 Å². The lowest BCUT2D eigenvalue weighted by molar-refractivity contribution is -0.163. The molecule has 206 valence electrons. The topological polar surface area (TPSA) is 79.4 Å². The van der Waals surface area contributed by atoms with Crippen LogP contribution < -0.4 is 9.47 Å². The van der Waals surface area contributed by atoms with Crippen LogP contribution in [0, 0.1) is 0 Å². The molecule has 3 amide bonds. The highest BCUT2D eigenvalue weighted by molar-refractivity contribution is 6.04. The first-order chi connectivity index (χ1) is 19.5. The van der Waals surface area contributed by atoms with Crippen LogP contribution in [0.15, 0.2) is 72.8 Å². The molecular formula is C32H33N3O5. The number of likely N-dealkylation sites (tertiary alicyclic amines) is 1. The van der Waals surface area contributed by atoms with Crippen molar-refractivity contribution < 1.29 is 23.9 Å². The SMILES string of the molecule is O=C1c2cccc(OCc3ccc(CN4CCC(Oc5ccccc5)CC4)cc3)c2CN1N1C(=O)CCCC1=O. The van der Waals surface area contributed by atoms with E-state index in [1.54, 1.807) is 12.1 Å². The summed E-state index contributed by atoms with van der Waals surface area (Å²) in [5.41, 5.74) is 3.45. The number of nitrogens with zero attached hydrogens (tertiary/aromatic N) is 3. The van der Waals surface area contributed by atoms with Crippen LogP contribution >= 0.6 is 0 Å². The van der Waals surface area contributed by atoms with Gasteiger partial charge in [0.25, 0.3) is 5.91 Å². The molecule has 40 heavy (non-hydrogen) atoms. The Hall–Kier alpha value is -4.17. The van der Waals surface area contributed by atoms with E-state index in [4.69, 9.17) is 9.47 Å². The van der Waals surface area contributed by atoms with E-state index >= 15 is 0 Å². The molecule has 0 unspecified atom stereocenters. The lowest BCUT2D eigenvalue weighted by Crippen LogP contribution is -2.52. The molecule has 0 N–H and O–H groups in total. The molecule has 2 fully saturated rings. The van der Waals surface area contributed by atoms with Crippen molar-refractivity contribution in [1.29, 1.82) is 0 Å². The van der Waals surface area contributed by atoms with Gasteiger partial charge in [0.05, 0.1) is 12.1 Å². The summed E-state index contributed by atoms with van der Waals surface area (Å²) in [6, 6.07) is 23.8. The van der Waals surface area contributed by atoms with Gasteiger partial charge in [0, 0.05) is 38.0 Å². The summed E-state index contributed by atoms with van der Waals surface area (Å²) < 4.78 is 12.3. The molecule has 6 rings (SSSR count). The maximum absolute atomic E-state index is 13.0. The number of carbonyl (C=O) groups is 3. The zero-order chi connectivity index (χ0) is 27.5. The molecule has 0 radical (unpaired) electrons. The van der Waals surface area contributed by atoms with Gasteiger partial charge in [-0.2, -0.15) is 5.01 Å². The number of ether oxygens (including phenoxy) is 2. The van der Waals surface area contributed by atoms with E-state index in [1.807, 2.05) is 36.4 Å². The number of piperidine rings is 2. The molecule has 3 aromatic carbocycles. The van der Waals surface area contributed by atoms with Crippen molar-refractivity contribution in [3.63, 3.8) is 0 Å². The lowest BCUT2D eigenvalue weighted by Gasteiger charge is -2.32. The van der Waals surface area contributed by atoms with Crippen molar-refractivity contribution >= 4 is 17.7 Å². The number of para-hydroxylation sites is 1. The smallest absolute Gasteiger partial charge is 0.273 e. The van der Waals surface area contributed by atoms with Crippen LogP contribution in [-0.2, 0) is 29.3 Å². The zero-order valence-corrected chi connectivity index (χ0v) is 22.5. The van der Waals surface area contributed by atoms with Crippen LogP contribution in [0.25, 0.3) is 0 Å². The number of imide groups is 1. The highest BCUT2D eigenvalue weighted by Gasteiger charge is 2.40. The fourth-order valence-corrected chi connectivity index (χ4v) is 5.63. The van der Waals surface area contributed by atoms with Gasteiger partial charge in [-0.25, -0.2) is 5.01 Å². The first-order valence-electron chi connectivity index (χ1n) is 14.0. The Morgan fingerprint density at radius 3 is 2.20 bits per heavy atom. The number of hydrogen-bond donors (Lipinski definition) is 0. The van der Waals surface area contributed by atoms with E-state index in [0.717, 1.165) is 48.8 Å². The molecule has 3 aliphatic heterocycles. The Balaban J connectivity index is 1.02. The van der Waals surface area contributed by atoms with Crippen molar-refractivity contribution in [3.05, 3.63) is 95.1 Å². The standard InChI is InChI=1S/C32H33N3O5/c36-30-10-5-11-31(37)35(30)34-21-28-27(32(34)38)8-4-9-29(28)39-22-24-14-12-23(13-15-24)20-33-18-16-26(17-19-33)40-25-6-2-1-3-7-25/h1-4,6-9,12-15,26H,5,10-11,16-22H2. The summed E-state index contributed by atoms with van der Waals surface area (Å²) >= 11 is 0. The fourth-order valence-electron chi connectivity index (χ4n) is 5.63. The number of amides is 3. The molecule has 0 aliphatic carbocycles. The van der Waals surface area contributed by atoms with Gasteiger partial charge in [0.15, 0.2) is 0 Å². The molecule has 0 atom stereocenters. The van der Waals surface area contributed by atoms with Gasteiger partial charge in [-0.15, -0.1) is 0 Å². The average Bonchev–Trinajstić information content (AvgIpc) is 3.30. The van der Waals surface area contributed by atoms with Crippen LogP contribution in [0.4, 0.5) is 0 Å². The minimum atomic E-state index is -0.343. The first kappa shape index (κ1) is 26.1. The minimum absolute atomic E-state index is 0.147. The number of hydrazine groups is 1. The highest BCUT2D eigenvalue weighted by atomic mass is 16.5. The van der Waals surface area contributed by atoms with Crippen molar-refractivity contribution in [3.8, 4) is 11.5 Å². The van der Waals surface area contributed by atoms with Crippen molar-refractivity contribution in [1.82, 2.24) is 14.9 Å². The van der Waals surface area contributed by atoms with Gasteiger partial charge in [0.2, 0.25) is 11.8 Å². The van der Waals surface area contributed by atoms with Crippen LogP contribution in [0.5, 0.6) is 11.5 Å². The Labute approximate surface area is 234 Å². The summed E-state index contributed by atoms with van der Waals surface area (Å²) in [7, 11) is 0. The molecule has 0 saturated carbocycles. The third-order valence-electron chi connectivity index (χ3n) is 7.80.